The summed E-state index contributed by atoms with van der Waals surface area (Å²) in [5.41, 5.74) is 0. The molecular formula is C10H7ClO2S. The minimum Gasteiger partial charge on any atom is -0.302 e. The van der Waals surface area contributed by atoms with Gasteiger partial charge in [-0.05, 0) is 11.5 Å². The van der Waals surface area contributed by atoms with E-state index < -0.39 is 11.1 Å². The van der Waals surface area contributed by atoms with Crippen LogP contribution in [0.15, 0.2) is 41.3 Å². The van der Waals surface area contributed by atoms with E-state index in [1.54, 1.807) is 12.1 Å². The summed E-state index contributed by atoms with van der Waals surface area (Å²) in [5.74, 6) is 0. The second kappa shape index (κ2) is 3.69. The summed E-state index contributed by atoms with van der Waals surface area (Å²) in [7, 11) is 0. The average Bonchev–Trinajstić information content (AvgIpc) is 2.18. The van der Waals surface area contributed by atoms with Gasteiger partial charge in [-0.1, -0.05) is 41.9 Å². The van der Waals surface area contributed by atoms with E-state index in [0.29, 0.717) is 5.02 Å². The van der Waals surface area contributed by atoms with Gasteiger partial charge in [-0.2, -0.15) is 0 Å². The van der Waals surface area contributed by atoms with E-state index in [4.69, 9.17) is 16.2 Å². The van der Waals surface area contributed by atoms with Gasteiger partial charge in [0.2, 0.25) is 0 Å². The SMILES string of the molecule is O=S(O)c1ccc2ccccc2c1Cl. The van der Waals surface area contributed by atoms with Gasteiger partial charge in [0.05, 0.1) is 9.92 Å². The summed E-state index contributed by atoms with van der Waals surface area (Å²) in [6.45, 7) is 0. The first-order valence-corrected chi connectivity index (χ1v) is 5.47. The van der Waals surface area contributed by atoms with Gasteiger partial charge in [-0.3, -0.25) is 0 Å². The molecule has 0 heterocycles. The van der Waals surface area contributed by atoms with E-state index in [1.165, 1.54) is 0 Å². The molecule has 0 aliphatic rings. The monoisotopic (exact) mass is 226 g/mol. The molecule has 1 atom stereocenters. The summed E-state index contributed by atoms with van der Waals surface area (Å²) >= 11 is 3.96. The predicted molar refractivity (Wildman–Crippen MR) is 58.0 cm³/mol. The summed E-state index contributed by atoms with van der Waals surface area (Å²) in [5, 5.41) is 2.12. The highest BCUT2D eigenvalue weighted by Gasteiger charge is 2.08. The minimum absolute atomic E-state index is 0.255. The van der Waals surface area contributed by atoms with Gasteiger partial charge < -0.3 is 4.55 Å². The molecule has 2 rings (SSSR count). The standard InChI is InChI=1S/C10H7ClO2S/c11-10-8-4-2-1-3-7(8)5-6-9(10)14(12)13/h1-6H,(H,12,13). The van der Waals surface area contributed by atoms with Crippen LogP contribution in [0.25, 0.3) is 10.8 Å². The Balaban J connectivity index is 2.81. The Labute approximate surface area is 88.8 Å². The first-order valence-electron chi connectivity index (χ1n) is 3.98. The lowest BCUT2D eigenvalue weighted by Gasteiger charge is -2.03. The second-order valence-electron chi connectivity index (χ2n) is 2.85. The Hall–Kier alpha value is -0.900. The summed E-state index contributed by atoms with van der Waals surface area (Å²) in [4.78, 5) is 0.255. The third kappa shape index (κ3) is 1.54. The fraction of sp³-hybridized carbons (Fsp3) is 0. The minimum atomic E-state index is -2.03. The van der Waals surface area contributed by atoms with Gasteiger partial charge >= 0.3 is 0 Å². The number of rotatable bonds is 1. The van der Waals surface area contributed by atoms with Crippen LogP contribution in [0.1, 0.15) is 0 Å². The van der Waals surface area contributed by atoms with Crippen LogP contribution in [0.4, 0.5) is 0 Å². The number of hydrogen-bond acceptors (Lipinski definition) is 1. The van der Waals surface area contributed by atoms with Crippen LogP contribution >= 0.6 is 11.6 Å². The summed E-state index contributed by atoms with van der Waals surface area (Å²) < 4.78 is 19.8. The normalized spacial score (nSPS) is 13.0. The second-order valence-corrected chi connectivity index (χ2v) is 4.16. The molecule has 0 spiro atoms. The van der Waals surface area contributed by atoms with Crippen molar-refractivity contribution in [3.63, 3.8) is 0 Å². The van der Waals surface area contributed by atoms with Gasteiger partial charge in [0, 0.05) is 5.39 Å². The summed E-state index contributed by atoms with van der Waals surface area (Å²) in [6.07, 6.45) is 0. The molecule has 0 amide bonds. The van der Waals surface area contributed by atoms with E-state index in [0.717, 1.165) is 10.8 Å². The molecule has 0 saturated heterocycles. The Morgan fingerprint density at radius 2 is 1.86 bits per heavy atom. The molecule has 14 heavy (non-hydrogen) atoms. The van der Waals surface area contributed by atoms with Crippen LogP contribution in [-0.2, 0) is 11.1 Å². The zero-order chi connectivity index (χ0) is 10.1. The van der Waals surface area contributed by atoms with Crippen molar-refractivity contribution >= 4 is 33.5 Å². The Bertz CT molecular complexity index is 510. The molecule has 0 aliphatic carbocycles. The fourth-order valence-corrected chi connectivity index (χ4v) is 2.23. The molecule has 0 fully saturated rings. The number of hydrogen-bond donors (Lipinski definition) is 1. The molecule has 2 nitrogen and oxygen atoms in total. The first-order chi connectivity index (χ1) is 6.70. The molecule has 0 saturated carbocycles. The first kappa shape index (κ1) is 9.65. The van der Waals surface area contributed by atoms with Crippen LogP contribution in [0, 0.1) is 0 Å². The van der Waals surface area contributed by atoms with Gasteiger partial charge in [0.1, 0.15) is 0 Å². The molecule has 72 valence electrons. The van der Waals surface area contributed by atoms with E-state index >= 15 is 0 Å². The van der Waals surface area contributed by atoms with Crippen molar-refractivity contribution in [2.45, 2.75) is 4.90 Å². The van der Waals surface area contributed by atoms with Crippen LogP contribution < -0.4 is 0 Å². The van der Waals surface area contributed by atoms with E-state index in [9.17, 15) is 4.21 Å². The van der Waals surface area contributed by atoms with Crippen molar-refractivity contribution in [1.82, 2.24) is 0 Å². The fourth-order valence-electron chi connectivity index (χ4n) is 1.35. The van der Waals surface area contributed by atoms with Crippen molar-refractivity contribution in [3.8, 4) is 0 Å². The molecule has 4 heteroatoms. The van der Waals surface area contributed by atoms with Gasteiger partial charge in [0.25, 0.3) is 0 Å². The van der Waals surface area contributed by atoms with Crippen molar-refractivity contribution in [2.24, 2.45) is 0 Å². The highest BCUT2D eigenvalue weighted by atomic mass is 35.5. The molecule has 0 radical (unpaired) electrons. The van der Waals surface area contributed by atoms with E-state index in [-0.39, 0.29) is 4.90 Å². The van der Waals surface area contributed by atoms with Gasteiger partial charge in [0.15, 0.2) is 11.1 Å². The molecular weight excluding hydrogens is 220 g/mol. The largest absolute Gasteiger partial charge is 0.302 e. The molecule has 2 aromatic rings. The van der Waals surface area contributed by atoms with Crippen LogP contribution in [0.5, 0.6) is 0 Å². The quantitative estimate of drug-likeness (QED) is 0.759. The highest BCUT2D eigenvalue weighted by molar-refractivity contribution is 7.79. The number of benzene rings is 2. The third-order valence-corrected chi connectivity index (χ3v) is 3.25. The Morgan fingerprint density at radius 1 is 1.14 bits per heavy atom. The zero-order valence-electron chi connectivity index (χ0n) is 7.11. The maximum absolute atomic E-state index is 10.9. The van der Waals surface area contributed by atoms with Crippen LogP contribution in [0.2, 0.25) is 5.02 Å². The lowest BCUT2D eigenvalue weighted by molar-refractivity contribution is 0.564. The van der Waals surface area contributed by atoms with Crippen molar-refractivity contribution in [2.75, 3.05) is 0 Å². The summed E-state index contributed by atoms with van der Waals surface area (Å²) in [6, 6.07) is 10.8. The number of fused-ring (bicyclic) bond motifs is 1. The average molecular weight is 227 g/mol. The zero-order valence-corrected chi connectivity index (χ0v) is 8.68. The lowest BCUT2D eigenvalue weighted by Crippen LogP contribution is -1.89. The van der Waals surface area contributed by atoms with Crippen LogP contribution in [-0.4, -0.2) is 8.76 Å². The highest BCUT2D eigenvalue weighted by Crippen LogP contribution is 2.28. The maximum Gasteiger partial charge on any atom is 0.188 e. The van der Waals surface area contributed by atoms with Gasteiger partial charge in [-0.25, -0.2) is 4.21 Å². The van der Waals surface area contributed by atoms with Gasteiger partial charge in [-0.15, -0.1) is 0 Å². The topological polar surface area (TPSA) is 37.3 Å². The van der Waals surface area contributed by atoms with E-state index in [2.05, 4.69) is 0 Å². The maximum atomic E-state index is 10.9. The van der Waals surface area contributed by atoms with Crippen molar-refractivity contribution in [3.05, 3.63) is 41.4 Å². The molecule has 0 aromatic heterocycles. The Kier molecular flexibility index (Phi) is 2.54. The molecule has 1 unspecified atom stereocenters. The molecule has 0 aliphatic heterocycles. The van der Waals surface area contributed by atoms with Crippen molar-refractivity contribution in [1.29, 1.82) is 0 Å². The number of halogens is 1. The van der Waals surface area contributed by atoms with Crippen molar-refractivity contribution < 1.29 is 8.76 Å². The third-order valence-electron chi connectivity index (χ3n) is 2.02. The van der Waals surface area contributed by atoms with Crippen LogP contribution in [0.3, 0.4) is 0 Å². The molecule has 2 aromatic carbocycles. The van der Waals surface area contributed by atoms with E-state index in [1.807, 2.05) is 24.3 Å². The lowest BCUT2D eigenvalue weighted by atomic mass is 10.1. The smallest absolute Gasteiger partial charge is 0.188 e. The molecule has 0 bridgehead atoms. The predicted octanol–water partition coefficient (Wildman–Crippen LogP) is 3.07. The molecule has 1 N–H and O–H groups in total. The Morgan fingerprint density at radius 3 is 2.57 bits per heavy atom.